The van der Waals surface area contributed by atoms with E-state index >= 15 is 0 Å². The van der Waals surface area contributed by atoms with Crippen LogP contribution in [0.15, 0.2) is 0 Å². The van der Waals surface area contributed by atoms with Gasteiger partial charge in [-0.1, -0.05) is 27.7 Å². The fourth-order valence-electron chi connectivity index (χ4n) is 3.72. The molecular weight excluding hydrogens is 264 g/mol. The molecule has 122 valence electrons. The molecule has 2 aliphatic rings. The molecule has 2 fully saturated rings. The van der Waals surface area contributed by atoms with Crippen molar-refractivity contribution in [3.05, 3.63) is 0 Å². The Hall–Kier alpha value is -0.610. The molecule has 2 rings (SSSR count). The number of aliphatic hydroxyl groups is 1. The number of piperidine rings is 1. The maximum absolute atomic E-state index is 12.0. The van der Waals surface area contributed by atoms with E-state index in [1.807, 2.05) is 20.8 Å². The Morgan fingerprint density at radius 1 is 1.33 bits per heavy atom. The third kappa shape index (κ3) is 3.98. The number of hydrogen-bond donors (Lipinski definition) is 2. The van der Waals surface area contributed by atoms with Crippen LogP contribution in [0.3, 0.4) is 0 Å². The summed E-state index contributed by atoms with van der Waals surface area (Å²) in [6.07, 6.45) is 4.03. The van der Waals surface area contributed by atoms with Gasteiger partial charge in [0, 0.05) is 31.1 Å². The molecule has 5 atom stereocenters. The summed E-state index contributed by atoms with van der Waals surface area (Å²) in [5, 5.41) is 13.4. The predicted octanol–water partition coefficient (Wildman–Crippen LogP) is 2.02. The van der Waals surface area contributed by atoms with Gasteiger partial charge in [0.25, 0.3) is 0 Å². The molecule has 0 aromatic rings. The number of rotatable bonds is 5. The molecule has 21 heavy (non-hydrogen) atoms. The largest absolute Gasteiger partial charge is 0.393 e. The lowest BCUT2D eigenvalue weighted by molar-refractivity contribution is -0.125. The molecule has 4 nitrogen and oxygen atoms in total. The third-order valence-electron chi connectivity index (χ3n) is 5.39. The van der Waals surface area contributed by atoms with Crippen molar-refractivity contribution in [3.8, 4) is 0 Å². The SMILES string of the molecule is CCC(O)C1CC(NC(=O)C(C)C)CN(C2CCC2C)C1. The summed E-state index contributed by atoms with van der Waals surface area (Å²) < 4.78 is 0. The maximum atomic E-state index is 12.0. The second-order valence-electron chi connectivity index (χ2n) is 7.41. The number of hydrogen-bond acceptors (Lipinski definition) is 3. The molecule has 0 radical (unpaired) electrons. The average molecular weight is 296 g/mol. The minimum Gasteiger partial charge on any atom is -0.393 e. The minimum absolute atomic E-state index is 0.0255. The van der Waals surface area contributed by atoms with Crippen LogP contribution < -0.4 is 5.32 Å². The summed E-state index contributed by atoms with van der Waals surface area (Å²) in [5.74, 6) is 1.20. The highest BCUT2D eigenvalue weighted by Gasteiger charge is 2.39. The normalized spacial score (nSPS) is 35.3. The van der Waals surface area contributed by atoms with Gasteiger partial charge in [0.05, 0.1) is 6.10 Å². The monoisotopic (exact) mass is 296 g/mol. The Kier molecular flexibility index (Phi) is 5.67. The third-order valence-corrected chi connectivity index (χ3v) is 5.39. The first-order valence-electron chi connectivity index (χ1n) is 8.64. The van der Waals surface area contributed by atoms with Gasteiger partial charge < -0.3 is 10.4 Å². The Bertz CT molecular complexity index is 359. The molecule has 0 spiro atoms. The van der Waals surface area contributed by atoms with E-state index in [4.69, 9.17) is 0 Å². The van der Waals surface area contributed by atoms with Crippen molar-refractivity contribution < 1.29 is 9.90 Å². The van der Waals surface area contributed by atoms with Crippen molar-refractivity contribution in [3.63, 3.8) is 0 Å². The zero-order chi connectivity index (χ0) is 15.6. The molecular formula is C17H32N2O2. The number of nitrogens with one attached hydrogen (secondary N) is 1. The summed E-state index contributed by atoms with van der Waals surface area (Å²) in [4.78, 5) is 14.5. The van der Waals surface area contributed by atoms with Crippen molar-refractivity contribution in [2.45, 2.75) is 71.6 Å². The topological polar surface area (TPSA) is 52.6 Å². The van der Waals surface area contributed by atoms with Gasteiger partial charge in [-0.25, -0.2) is 0 Å². The smallest absolute Gasteiger partial charge is 0.222 e. The fraction of sp³-hybridized carbons (Fsp3) is 0.941. The Morgan fingerprint density at radius 2 is 2.05 bits per heavy atom. The molecule has 2 N–H and O–H groups in total. The summed E-state index contributed by atoms with van der Waals surface area (Å²) in [6.45, 7) is 10.1. The molecule has 0 aromatic carbocycles. The first-order valence-corrected chi connectivity index (χ1v) is 8.64. The number of nitrogens with zero attached hydrogens (tertiary/aromatic N) is 1. The van der Waals surface area contributed by atoms with Crippen LogP contribution in [-0.4, -0.2) is 47.2 Å². The lowest BCUT2D eigenvalue weighted by Gasteiger charge is -2.49. The zero-order valence-electron chi connectivity index (χ0n) is 14.0. The van der Waals surface area contributed by atoms with Crippen LogP contribution in [0.4, 0.5) is 0 Å². The van der Waals surface area contributed by atoms with E-state index < -0.39 is 0 Å². The van der Waals surface area contributed by atoms with Gasteiger partial charge in [0.15, 0.2) is 0 Å². The van der Waals surface area contributed by atoms with Crippen LogP contribution in [0.2, 0.25) is 0 Å². The lowest BCUT2D eigenvalue weighted by Crippen LogP contribution is -2.59. The maximum Gasteiger partial charge on any atom is 0.222 e. The van der Waals surface area contributed by atoms with Crippen LogP contribution in [0.1, 0.15) is 53.4 Å². The van der Waals surface area contributed by atoms with Crippen molar-refractivity contribution >= 4 is 5.91 Å². The molecule has 1 aliphatic carbocycles. The van der Waals surface area contributed by atoms with E-state index in [-0.39, 0.29) is 29.9 Å². The minimum atomic E-state index is -0.248. The molecule has 4 heteroatoms. The molecule has 5 unspecified atom stereocenters. The van der Waals surface area contributed by atoms with Crippen LogP contribution >= 0.6 is 0 Å². The number of aliphatic hydroxyl groups excluding tert-OH is 1. The van der Waals surface area contributed by atoms with Gasteiger partial charge in [-0.3, -0.25) is 9.69 Å². The molecule has 1 aliphatic heterocycles. The summed E-state index contributed by atoms with van der Waals surface area (Å²) in [7, 11) is 0. The van der Waals surface area contributed by atoms with E-state index in [0.717, 1.165) is 31.8 Å². The van der Waals surface area contributed by atoms with Crippen molar-refractivity contribution in [1.82, 2.24) is 10.2 Å². The van der Waals surface area contributed by atoms with Gasteiger partial charge >= 0.3 is 0 Å². The Labute approximate surface area is 129 Å². The highest BCUT2D eigenvalue weighted by Crippen LogP contribution is 2.35. The highest BCUT2D eigenvalue weighted by atomic mass is 16.3. The summed E-state index contributed by atoms with van der Waals surface area (Å²) in [5.41, 5.74) is 0. The Balaban J connectivity index is 2.01. The fourth-order valence-corrected chi connectivity index (χ4v) is 3.72. The van der Waals surface area contributed by atoms with Crippen LogP contribution in [0.5, 0.6) is 0 Å². The number of amides is 1. The first kappa shape index (κ1) is 16.8. The summed E-state index contributed by atoms with van der Waals surface area (Å²) in [6, 6.07) is 0.836. The quantitative estimate of drug-likeness (QED) is 0.816. The van der Waals surface area contributed by atoms with E-state index in [1.54, 1.807) is 0 Å². The van der Waals surface area contributed by atoms with Gasteiger partial charge in [0.1, 0.15) is 0 Å². The molecule has 1 saturated carbocycles. The van der Waals surface area contributed by atoms with E-state index in [0.29, 0.717) is 6.04 Å². The van der Waals surface area contributed by atoms with Crippen LogP contribution in [-0.2, 0) is 4.79 Å². The van der Waals surface area contributed by atoms with E-state index in [9.17, 15) is 9.90 Å². The van der Waals surface area contributed by atoms with Gasteiger partial charge in [-0.15, -0.1) is 0 Å². The van der Waals surface area contributed by atoms with Crippen LogP contribution in [0, 0.1) is 17.8 Å². The van der Waals surface area contributed by atoms with Crippen molar-refractivity contribution in [2.75, 3.05) is 13.1 Å². The number of carbonyl (C=O) groups is 1. The standard InChI is InChI=1S/C17H32N2O2/c1-5-16(20)13-8-14(18-17(21)11(2)3)10-19(9-13)15-7-6-12(15)4/h11-16,20H,5-10H2,1-4H3,(H,18,21). The average Bonchev–Trinajstić information content (AvgIpc) is 2.44. The molecule has 1 heterocycles. The number of carbonyl (C=O) groups excluding carboxylic acids is 1. The Morgan fingerprint density at radius 3 is 2.52 bits per heavy atom. The zero-order valence-corrected chi connectivity index (χ0v) is 14.0. The molecule has 1 amide bonds. The molecule has 0 aromatic heterocycles. The second-order valence-corrected chi connectivity index (χ2v) is 7.41. The lowest BCUT2D eigenvalue weighted by atomic mass is 9.77. The van der Waals surface area contributed by atoms with Crippen LogP contribution in [0.25, 0.3) is 0 Å². The number of likely N-dealkylation sites (tertiary alicyclic amines) is 1. The second kappa shape index (κ2) is 7.10. The summed E-state index contributed by atoms with van der Waals surface area (Å²) >= 11 is 0. The van der Waals surface area contributed by atoms with Crippen molar-refractivity contribution in [2.24, 2.45) is 17.8 Å². The van der Waals surface area contributed by atoms with Gasteiger partial charge in [0.2, 0.25) is 5.91 Å². The van der Waals surface area contributed by atoms with E-state index in [2.05, 4.69) is 17.1 Å². The molecule has 0 bridgehead atoms. The first-order chi connectivity index (χ1) is 9.92. The van der Waals surface area contributed by atoms with E-state index in [1.165, 1.54) is 12.8 Å². The van der Waals surface area contributed by atoms with Crippen molar-refractivity contribution in [1.29, 1.82) is 0 Å². The predicted molar refractivity (Wildman–Crippen MR) is 84.9 cm³/mol. The van der Waals surface area contributed by atoms with Gasteiger partial charge in [-0.2, -0.15) is 0 Å². The highest BCUT2D eigenvalue weighted by molar-refractivity contribution is 5.78. The molecule has 1 saturated heterocycles. The van der Waals surface area contributed by atoms with Gasteiger partial charge in [-0.05, 0) is 37.5 Å².